The molecule has 3 rings (SSSR count). The third kappa shape index (κ3) is 2.68. The monoisotopic (exact) mass is 276 g/mol. The van der Waals surface area contributed by atoms with E-state index in [1.807, 2.05) is 0 Å². The van der Waals surface area contributed by atoms with Gasteiger partial charge in [-0.2, -0.15) is 0 Å². The molecule has 21 heavy (non-hydrogen) atoms. The van der Waals surface area contributed by atoms with Crippen molar-refractivity contribution >= 4 is 6.08 Å². The topological polar surface area (TPSA) is 0 Å². The van der Waals surface area contributed by atoms with Crippen LogP contribution in [0.15, 0.2) is 48.0 Å². The Kier molecular flexibility index (Phi) is 3.96. The summed E-state index contributed by atoms with van der Waals surface area (Å²) in [5.41, 5.74) is 8.83. The molecule has 0 saturated carbocycles. The summed E-state index contributed by atoms with van der Waals surface area (Å²) in [6, 6.07) is 15.6. The van der Waals surface area contributed by atoms with Crippen molar-refractivity contribution in [1.82, 2.24) is 0 Å². The van der Waals surface area contributed by atoms with Crippen LogP contribution in [0, 0.1) is 0 Å². The molecule has 108 valence electrons. The van der Waals surface area contributed by atoms with Gasteiger partial charge in [0.05, 0.1) is 0 Å². The summed E-state index contributed by atoms with van der Waals surface area (Å²) in [5, 5.41) is 0. The molecular weight excluding hydrogens is 252 g/mol. The van der Waals surface area contributed by atoms with E-state index in [0.717, 1.165) is 6.42 Å². The van der Waals surface area contributed by atoms with E-state index in [4.69, 9.17) is 0 Å². The second-order valence-corrected chi connectivity index (χ2v) is 6.35. The van der Waals surface area contributed by atoms with E-state index in [1.165, 1.54) is 40.7 Å². The van der Waals surface area contributed by atoms with Crippen LogP contribution in [0.4, 0.5) is 0 Å². The zero-order valence-corrected chi connectivity index (χ0v) is 13.3. The quantitative estimate of drug-likeness (QED) is 0.622. The summed E-state index contributed by atoms with van der Waals surface area (Å²) in [5.74, 6) is 0.550. The molecule has 0 unspecified atom stereocenters. The summed E-state index contributed by atoms with van der Waals surface area (Å²) in [6.45, 7) is 6.85. The van der Waals surface area contributed by atoms with Crippen molar-refractivity contribution < 1.29 is 0 Å². The van der Waals surface area contributed by atoms with Gasteiger partial charge in [0.1, 0.15) is 0 Å². The number of hydrogen-bond donors (Lipinski definition) is 0. The van der Waals surface area contributed by atoms with Crippen LogP contribution in [0.1, 0.15) is 56.2 Å². The Morgan fingerprint density at radius 2 is 1.76 bits per heavy atom. The minimum atomic E-state index is 0.550. The number of fused-ring (bicyclic) bond motifs is 1. The lowest BCUT2D eigenvalue weighted by Crippen LogP contribution is -1.97. The highest BCUT2D eigenvalue weighted by molar-refractivity contribution is 5.83. The van der Waals surface area contributed by atoms with Crippen molar-refractivity contribution in [2.24, 2.45) is 0 Å². The summed E-state index contributed by atoms with van der Waals surface area (Å²) < 4.78 is 0. The fourth-order valence-electron chi connectivity index (χ4n) is 3.39. The minimum absolute atomic E-state index is 0.550. The highest BCUT2D eigenvalue weighted by atomic mass is 14.2. The first-order valence-electron chi connectivity index (χ1n) is 8.11. The molecule has 0 spiro atoms. The maximum absolute atomic E-state index is 2.45. The number of rotatable bonds is 4. The van der Waals surface area contributed by atoms with Crippen LogP contribution in [0.25, 0.3) is 17.2 Å². The van der Waals surface area contributed by atoms with E-state index < -0.39 is 0 Å². The lowest BCUT2D eigenvalue weighted by atomic mass is 9.87. The smallest absolute Gasteiger partial charge is 0.00576 e. The molecule has 0 N–H and O–H groups in total. The van der Waals surface area contributed by atoms with Crippen molar-refractivity contribution in [1.29, 1.82) is 0 Å². The predicted octanol–water partition coefficient (Wildman–Crippen LogP) is 6.22. The summed E-state index contributed by atoms with van der Waals surface area (Å²) in [6.07, 6.45) is 6.05. The molecule has 2 aromatic rings. The van der Waals surface area contributed by atoms with Crippen LogP contribution in [0.5, 0.6) is 0 Å². The maximum atomic E-state index is 2.45. The van der Waals surface area contributed by atoms with Gasteiger partial charge in [0.2, 0.25) is 0 Å². The first kappa shape index (κ1) is 14.1. The fourth-order valence-corrected chi connectivity index (χ4v) is 3.39. The van der Waals surface area contributed by atoms with Crippen LogP contribution in [-0.4, -0.2) is 0 Å². The van der Waals surface area contributed by atoms with E-state index >= 15 is 0 Å². The number of allylic oxidation sites excluding steroid dienone is 1. The Balaban J connectivity index is 2.19. The summed E-state index contributed by atoms with van der Waals surface area (Å²) in [7, 11) is 0. The van der Waals surface area contributed by atoms with Crippen LogP contribution in [-0.2, 0) is 6.42 Å². The van der Waals surface area contributed by atoms with Crippen molar-refractivity contribution in [3.05, 3.63) is 64.7 Å². The third-order valence-electron chi connectivity index (χ3n) is 4.39. The molecule has 0 heterocycles. The molecule has 0 aliphatic heterocycles. The van der Waals surface area contributed by atoms with Gasteiger partial charge in [0.15, 0.2) is 0 Å². The normalized spacial score (nSPS) is 13.4. The molecule has 0 radical (unpaired) electrons. The van der Waals surface area contributed by atoms with Crippen LogP contribution in [0.2, 0.25) is 0 Å². The average Bonchev–Trinajstić information content (AvgIpc) is 2.89. The van der Waals surface area contributed by atoms with Crippen molar-refractivity contribution in [2.75, 3.05) is 0 Å². The van der Waals surface area contributed by atoms with Gasteiger partial charge in [-0.15, -0.1) is 0 Å². The van der Waals surface area contributed by atoms with Gasteiger partial charge < -0.3 is 0 Å². The molecule has 0 nitrogen and oxygen atoms in total. The van der Waals surface area contributed by atoms with Gasteiger partial charge in [-0.1, -0.05) is 81.3 Å². The van der Waals surface area contributed by atoms with Crippen LogP contribution >= 0.6 is 0 Å². The Morgan fingerprint density at radius 1 is 1.00 bits per heavy atom. The molecule has 1 aliphatic carbocycles. The molecule has 0 bridgehead atoms. The van der Waals surface area contributed by atoms with Gasteiger partial charge >= 0.3 is 0 Å². The number of benzene rings is 2. The van der Waals surface area contributed by atoms with Crippen LogP contribution < -0.4 is 0 Å². The Bertz CT molecular complexity index is 660. The average molecular weight is 276 g/mol. The zero-order chi connectivity index (χ0) is 14.8. The van der Waals surface area contributed by atoms with E-state index in [-0.39, 0.29) is 0 Å². The fraction of sp³-hybridized carbons (Fsp3) is 0.333. The maximum Gasteiger partial charge on any atom is -0.00576 e. The second-order valence-electron chi connectivity index (χ2n) is 6.35. The van der Waals surface area contributed by atoms with Gasteiger partial charge in [-0.3, -0.25) is 0 Å². The van der Waals surface area contributed by atoms with Crippen molar-refractivity contribution in [2.45, 2.75) is 46.0 Å². The van der Waals surface area contributed by atoms with Gasteiger partial charge in [0.25, 0.3) is 0 Å². The Labute approximate surface area is 128 Å². The summed E-state index contributed by atoms with van der Waals surface area (Å²) in [4.78, 5) is 0. The summed E-state index contributed by atoms with van der Waals surface area (Å²) >= 11 is 0. The largest absolute Gasteiger partial charge is 0.0652 e. The predicted molar refractivity (Wildman–Crippen MR) is 92.6 cm³/mol. The van der Waals surface area contributed by atoms with E-state index in [1.54, 1.807) is 5.57 Å². The standard InChI is InChI=1S/C21H24/c1-4-8-16-13-18-11-12-19(15(2)3)21(20(18)14-16)17-9-6-5-7-10-17/h5-7,9-12,14-15H,4,8,13H2,1-3H3. The molecule has 0 fully saturated rings. The molecule has 0 aromatic heterocycles. The van der Waals surface area contributed by atoms with Crippen molar-refractivity contribution in [3.63, 3.8) is 0 Å². The van der Waals surface area contributed by atoms with Crippen molar-refractivity contribution in [3.8, 4) is 11.1 Å². The lowest BCUT2D eigenvalue weighted by Gasteiger charge is -2.17. The van der Waals surface area contributed by atoms with Gasteiger partial charge in [0, 0.05) is 0 Å². The molecule has 0 amide bonds. The van der Waals surface area contributed by atoms with Gasteiger partial charge in [-0.05, 0) is 46.6 Å². The van der Waals surface area contributed by atoms with E-state index in [9.17, 15) is 0 Å². The first-order chi connectivity index (χ1) is 10.2. The van der Waals surface area contributed by atoms with Crippen LogP contribution in [0.3, 0.4) is 0 Å². The van der Waals surface area contributed by atoms with Gasteiger partial charge in [-0.25, -0.2) is 0 Å². The molecule has 0 saturated heterocycles. The van der Waals surface area contributed by atoms with E-state index in [0.29, 0.717) is 5.92 Å². The molecular formula is C21H24. The SMILES string of the molecule is CCCC1=Cc2c(ccc(C(C)C)c2-c2ccccc2)C1. The molecule has 1 aliphatic rings. The second kappa shape index (κ2) is 5.89. The highest BCUT2D eigenvalue weighted by Crippen LogP contribution is 2.39. The number of hydrogen-bond acceptors (Lipinski definition) is 0. The highest BCUT2D eigenvalue weighted by Gasteiger charge is 2.20. The molecule has 0 atom stereocenters. The Hall–Kier alpha value is -1.82. The zero-order valence-electron chi connectivity index (χ0n) is 13.3. The molecule has 2 aromatic carbocycles. The lowest BCUT2D eigenvalue weighted by molar-refractivity contribution is 0.866. The molecule has 0 heteroatoms. The third-order valence-corrected chi connectivity index (χ3v) is 4.39. The Morgan fingerprint density at radius 3 is 2.43 bits per heavy atom. The van der Waals surface area contributed by atoms with E-state index in [2.05, 4.69) is 69.3 Å². The minimum Gasteiger partial charge on any atom is -0.0652 e. The first-order valence-corrected chi connectivity index (χ1v) is 8.11.